The van der Waals surface area contributed by atoms with E-state index in [4.69, 9.17) is 9.15 Å². The molecule has 0 amide bonds. The van der Waals surface area contributed by atoms with Crippen molar-refractivity contribution < 1.29 is 13.9 Å². The van der Waals surface area contributed by atoms with Crippen LogP contribution in [0.5, 0.6) is 0 Å². The van der Waals surface area contributed by atoms with Crippen LogP contribution in [0, 0.1) is 0 Å². The summed E-state index contributed by atoms with van der Waals surface area (Å²) in [7, 11) is 0. The van der Waals surface area contributed by atoms with Gasteiger partial charge in [-0.25, -0.2) is 0 Å². The van der Waals surface area contributed by atoms with Gasteiger partial charge in [0.2, 0.25) is 0 Å². The second kappa shape index (κ2) is 5.75. The van der Waals surface area contributed by atoms with E-state index in [2.05, 4.69) is 0 Å². The molecule has 14 heavy (non-hydrogen) atoms. The van der Waals surface area contributed by atoms with Crippen molar-refractivity contribution in [1.82, 2.24) is 0 Å². The van der Waals surface area contributed by atoms with E-state index in [-0.39, 0.29) is 11.2 Å². The quantitative estimate of drug-likeness (QED) is 0.706. The Labute approximate surface area is 87.8 Å². The highest BCUT2D eigenvalue weighted by Gasteiger charge is 2.14. The van der Waals surface area contributed by atoms with E-state index in [1.165, 1.54) is 11.8 Å². The predicted octanol–water partition coefficient (Wildman–Crippen LogP) is 2.46. The van der Waals surface area contributed by atoms with Crippen LogP contribution < -0.4 is 0 Å². The van der Waals surface area contributed by atoms with Crippen LogP contribution in [0.1, 0.15) is 19.6 Å². The molecule has 1 rings (SSSR count). The van der Waals surface area contributed by atoms with Crippen LogP contribution >= 0.6 is 11.8 Å². The molecule has 0 aromatic carbocycles. The Morgan fingerprint density at radius 1 is 1.71 bits per heavy atom. The summed E-state index contributed by atoms with van der Waals surface area (Å²) in [4.78, 5) is 11.2. The molecule has 0 saturated carbocycles. The second-order valence-corrected chi connectivity index (χ2v) is 4.11. The van der Waals surface area contributed by atoms with Gasteiger partial charge < -0.3 is 9.15 Å². The first kappa shape index (κ1) is 11.2. The monoisotopic (exact) mass is 214 g/mol. The highest BCUT2D eigenvalue weighted by molar-refractivity contribution is 7.99. The number of carbonyl (C=O) groups excluding carboxylic acids is 1. The maximum Gasteiger partial charge on any atom is 0.318 e. The van der Waals surface area contributed by atoms with Crippen LogP contribution in [0.3, 0.4) is 0 Å². The lowest BCUT2D eigenvalue weighted by Crippen LogP contribution is -2.16. The van der Waals surface area contributed by atoms with Gasteiger partial charge in [0.1, 0.15) is 11.0 Å². The Balaban J connectivity index is 2.27. The van der Waals surface area contributed by atoms with Crippen molar-refractivity contribution in [2.75, 3.05) is 6.61 Å². The molecule has 0 spiro atoms. The number of esters is 1. The summed E-state index contributed by atoms with van der Waals surface area (Å²) < 4.78 is 10.0. The molecular formula is C10H14O3S. The molecule has 1 atom stereocenters. The highest BCUT2D eigenvalue weighted by Crippen LogP contribution is 2.18. The van der Waals surface area contributed by atoms with Gasteiger partial charge in [0.05, 0.1) is 18.6 Å². The summed E-state index contributed by atoms with van der Waals surface area (Å²) in [6.07, 6.45) is 1.63. The molecule has 3 nitrogen and oxygen atoms in total. The van der Waals surface area contributed by atoms with E-state index in [0.717, 1.165) is 5.76 Å². The molecule has 1 heterocycles. The lowest BCUT2D eigenvalue weighted by atomic mass is 10.5. The number of hydrogen-bond acceptors (Lipinski definition) is 4. The Bertz CT molecular complexity index is 269. The number of rotatable bonds is 5. The molecule has 0 aliphatic rings. The molecule has 78 valence electrons. The van der Waals surface area contributed by atoms with Gasteiger partial charge >= 0.3 is 5.97 Å². The zero-order chi connectivity index (χ0) is 10.4. The number of carbonyl (C=O) groups is 1. The summed E-state index contributed by atoms with van der Waals surface area (Å²) in [6, 6.07) is 3.73. The molecule has 1 aromatic heterocycles. The van der Waals surface area contributed by atoms with Gasteiger partial charge in [-0.2, -0.15) is 0 Å². The Kier molecular flexibility index (Phi) is 4.59. The average molecular weight is 214 g/mol. The minimum atomic E-state index is -0.163. The maximum absolute atomic E-state index is 11.2. The molecule has 0 fully saturated rings. The number of furan rings is 1. The van der Waals surface area contributed by atoms with Gasteiger partial charge in [0.25, 0.3) is 0 Å². The first-order chi connectivity index (χ1) is 6.74. The minimum Gasteiger partial charge on any atom is -0.468 e. The van der Waals surface area contributed by atoms with Crippen molar-refractivity contribution in [2.45, 2.75) is 24.9 Å². The van der Waals surface area contributed by atoms with E-state index >= 15 is 0 Å². The topological polar surface area (TPSA) is 39.4 Å². The van der Waals surface area contributed by atoms with Gasteiger partial charge in [-0.15, -0.1) is 11.8 Å². The van der Waals surface area contributed by atoms with E-state index in [0.29, 0.717) is 12.4 Å². The first-order valence-electron chi connectivity index (χ1n) is 4.54. The number of thioether (sulfide) groups is 1. The highest BCUT2D eigenvalue weighted by atomic mass is 32.2. The smallest absolute Gasteiger partial charge is 0.318 e. The summed E-state index contributed by atoms with van der Waals surface area (Å²) in [5, 5.41) is -0.139. The Hall–Kier alpha value is -0.900. The normalized spacial score (nSPS) is 12.4. The minimum absolute atomic E-state index is 0.139. The Morgan fingerprint density at radius 3 is 3.07 bits per heavy atom. The van der Waals surface area contributed by atoms with E-state index in [9.17, 15) is 4.79 Å². The largest absolute Gasteiger partial charge is 0.468 e. The van der Waals surface area contributed by atoms with Crippen LogP contribution in [-0.4, -0.2) is 17.8 Å². The molecule has 0 N–H and O–H groups in total. The summed E-state index contributed by atoms with van der Waals surface area (Å²) in [5.41, 5.74) is 0. The zero-order valence-corrected chi connectivity index (χ0v) is 9.17. The van der Waals surface area contributed by atoms with E-state index in [1.807, 2.05) is 26.0 Å². The molecule has 0 aliphatic heterocycles. The molecule has 0 radical (unpaired) electrons. The second-order valence-electron chi connectivity index (χ2n) is 2.78. The van der Waals surface area contributed by atoms with Crippen LogP contribution in [0.2, 0.25) is 0 Å². The fraction of sp³-hybridized carbons (Fsp3) is 0.500. The fourth-order valence-corrected chi connectivity index (χ4v) is 1.71. The van der Waals surface area contributed by atoms with Crippen molar-refractivity contribution in [2.24, 2.45) is 0 Å². The predicted molar refractivity (Wildman–Crippen MR) is 56.1 cm³/mol. The summed E-state index contributed by atoms with van der Waals surface area (Å²) in [5.74, 6) is 1.42. The van der Waals surface area contributed by atoms with Crippen LogP contribution in [0.15, 0.2) is 22.8 Å². The van der Waals surface area contributed by atoms with Crippen molar-refractivity contribution in [1.29, 1.82) is 0 Å². The van der Waals surface area contributed by atoms with Crippen LogP contribution in [-0.2, 0) is 15.3 Å². The van der Waals surface area contributed by atoms with Crippen molar-refractivity contribution >= 4 is 17.7 Å². The maximum atomic E-state index is 11.2. The third-order valence-electron chi connectivity index (χ3n) is 1.67. The lowest BCUT2D eigenvalue weighted by Gasteiger charge is -2.08. The van der Waals surface area contributed by atoms with Crippen LogP contribution in [0.4, 0.5) is 0 Å². The summed E-state index contributed by atoms with van der Waals surface area (Å²) in [6.45, 7) is 4.08. The number of hydrogen-bond donors (Lipinski definition) is 0. The van der Waals surface area contributed by atoms with E-state index in [1.54, 1.807) is 6.26 Å². The molecule has 0 saturated heterocycles. The zero-order valence-electron chi connectivity index (χ0n) is 8.36. The standard InChI is InChI=1S/C10H14O3S/c1-3-12-10(11)8(2)14-7-9-5-4-6-13-9/h4-6,8H,3,7H2,1-2H3. The van der Waals surface area contributed by atoms with Crippen LogP contribution in [0.25, 0.3) is 0 Å². The van der Waals surface area contributed by atoms with Gasteiger partial charge in [-0.3, -0.25) is 4.79 Å². The molecule has 0 aliphatic carbocycles. The van der Waals surface area contributed by atoms with Crippen molar-refractivity contribution in [3.05, 3.63) is 24.2 Å². The molecule has 4 heteroatoms. The van der Waals surface area contributed by atoms with Crippen molar-refractivity contribution in [3.8, 4) is 0 Å². The summed E-state index contributed by atoms with van der Waals surface area (Å²) >= 11 is 1.51. The molecule has 1 aromatic rings. The lowest BCUT2D eigenvalue weighted by molar-refractivity contribution is -0.142. The number of ether oxygens (including phenoxy) is 1. The average Bonchev–Trinajstić information content (AvgIpc) is 2.67. The third kappa shape index (κ3) is 3.46. The molecule has 0 bridgehead atoms. The third-order valence-corrected chi connectivity index (χ3v) is 2.82. The van der Waals surface area contributed by atoms with Gasteiger partial charge in [-0.1, -0.05) is 0 Å². The van der Waals surface area contributed by atoms with Gasteiger partial charge in [0, 0.05) is 0 Å². The van der Waals surface area contributed by atoms with E-state index < -0.39 is 0 Å². The SMILES string of the molecule is CCOC(=O)C(C)SCc1ccco1. The van der Waals surface area contributed by atoms with Crippen molar-refractivity contribution in [3.63, 3.8) is 0 Å². The molecular weight excluding hydrogens is 200 g/mol. The first-order valence-corrected chi connectivity index (χ1v) is 5.59. The van der Waals surface area contributed by atoms with Gasteiger partial charge in [-0.05, 0) is 26.0 Å². The Morgan fingerprint density at radius 2 is 2.50 bits per heavy atom. The van der Waals surface area contributed by atoms with Gasteiger partial charge in [0.15, 0.2) is 0 Å². The fourth-order valence-electron chi connectivity index (χ4n) is 0.929. The molecule has 1 unspecified atom stereocenters.